The van der Waals surface area contributed by atoms with Crippen LogP contribution >= 0.6 is 31.9 Å². The maximum absolute atomic E-state index is 13.1. The molecule has 0 unspecified atom stereocenters. The molecule has 2 amide bonds. The lowest BCUT2D eigenvalue weighted by Gasteiger charge is -2.28. The van der Waals surface area contributed by atoms with Gasteiger partial charge in [-0.1, -0.05) is 64.1 Å². The number of alkyl halides is 2. The fourth-order valence-corrected chi connectivity index (χ4v) is 7.04. The molecule has 0 N–H and O–H groups in total. The normalized spacial score (nSPS) is 32.7. The highest BCUT2D eigenvalue weighted by Crippen LogP contribution is 2.60. The van der Waals surface area contributed by atoms with E-state index in [1.165, 1.54) is 4.90 Å². The number of benzene rings is 1. The van der Waals surface area contributed by atoms with Gasteiger partial charge in [-0.2, -0.15) is 0 Å². The van der Waals surface area contributed by atoms with Crippen LogP contribution in [0.1, 0.15) is 45.4 Å². The smallest absolute Gasteiger partial charge is 0.311 e. The number of fused-ring (bicyclic) bond motifs is 5. The van der Waals surface area contributed by atoms with Gasteiger partial charge in [0.1, 0.15) is 5.75 Å². The third-order valence-electron chi connectivity index (χ3n) is 6.53. The number of amides is 2. The molecule has 3 fully saturated rings. The molecule has 7 heteroatoms. The van der Waals surface area contributed by atoms with Crippen LogP contribution in [-0.2, 0) is 14.4 Å². The Balaban J connectivity index is 1.47. The van der Waals surface area contributed by atoms with Crippen molar-refractivity contribution in [1.82, 2.24) is 0 Å². The molecule has 3 aliphatic rings. The minimum Gasteiger partial charge on any atom is -0.426 e. The number of rotatable bonds is 7. The molecule has 4 rings (SSSR count). The number of ether oxygens (including phenoxy) is 1. The summed E-state index contributed by atoms with van der Waals surface area (Å²) in [6.07, 6.45) is 5.32. The van der Waals surface area contributed by atoms with Crippen molar-refractivity contribution < 1.29 is 19.1 Å². The highest BCUT2D eigenvalue weighted by Gasteiger charge is 2.66. The summed E-state index contributed by atoms with van der Waals surface area (Å²) >= 11 is 7.41. The van der Waals surface area contributed by atoms with Gasteiger partial charge in [0, 0.05) is 22.1 Å². The van der Waals surface area contributed by atoms with Crippen LogP contribution in [0.25, 0.3) is 0 Å². The summed E-state index contributed by atoms with van der Waals surface area (Å²) in [5.41, 5.74) is 0.488. The minimum absolute atomic E-state index is 0.126. The van der Waals surface area contributed by atoms with Crippen molar-refractivity contribution in [2.24, 2.45) is 23.7 Å². The van der Waals surface area contributed by atoms with Crippen LogP contribution in [0, 0.1) is 23.7 Å². The second-order valence-electron chi connectivity index (χ2n) is 8.30. The summed E-state index contributed by atoms with van der Waals surface area (Å²) in [6.45, 7) is 2.13. The van der Waals surface area contributed by atoms with Gasteiger partial charge in [-0.3, -0.25) is 14.4 Å². The Hall–Kier alpha value is -1.21. The van der Waals surface area contributed by atoms with Crippen LogP contribution in [0.5, 0.6) is 5.75 Å². The van der Waals surface area contributed by atoms with E-state index < -0.39 is 0 Å². The molecule has 1 saturated heterocycles. The van der Waals surface area contributed by atoms with Gasteiger partial charge in [0.25, 0.3) is 0 Å². The average Bonchev–Trinajstić information content (AvgIpc) is 3.30. The molecule has 1 heterocycles. The summed E-state index contributed by atoms with van der Waals surface area (Å²) in [4.78, 5) is 40.1. The van der Waals surface area contributed by atoms with Gasteiger partial charge in [-0.25, -0.2) is 4.90 Å². The van der Waals surface area contributed by atoms with Gasteiger partial charge in [0.05, 0.1) is 17.5 Å². The first-order valence-corrected chi connectivity index (χ1v) is 12.2. The Bertz CT molecular complexity index is 797. The maximum atomic E-state index is 13.1. The molecule has 2 aliphatic carbocycles. The quantitative estimate of drug-likeness (QED) is 0.167. The van der Waals surface area contributed by atoms with Gasteiger partial charge >= 0.3 is 5.97 Å². The molecule has 0 radical (unpaired) electrons. The lowest BCUT2D eigenvalue weighted by atomic mass is 9.81. The van der Waals surface area contributed by atoms with Crippen LogP contribution in [0.15, 0.2) is 24.3 Å². The Labute approximate surface area is 187 Å². The third-order valence-corrected chi connectivity index (χ3v) is 9.74. The minimum atomic E-state index is -0.281. The van der Waals surface area contributed by atoms with Crippen molar-refractivity contribution >= 4 is 55.3 Å². The zero-order valence-electron chi connectivity index (χ0n) is 16.4. The molecule has 5 nitrogen and oxygen atoms in total. The Morgan fingerprint density at radius 3 is 2.34 bits per heavy atom. The number of carbonyl (C=O) groups is 3. The van der Waals surface area contributed by atoms with Gasteiger partial charge in [0.15, 0.2) is 0 Å². The molecule has 1 aromatic carbocycles. The van der Waals surface area contributed by atoms with Gasteiger partial charge < -0.3 is 4.74 Å². The first-order chi connectivity index (χ1) is 13.9. The number of imide groups is 1. The maximum Gasteiger partial charge on any atom is 0.311 e. The zero-order chi connectivity index (χ0) is 20.7. The van der Waals surface area contributed by atoms with Crippen molar-refractivity contribution in [1.29, 1.82) is 0 Å². The summed E-state index contributed by atoms with van der Waals surface area (Å²) in [5, 5.41) is 0. The van der Waals surface area contributed by atoms with E-state index in [2.05, 4.69) is 38.8 Å². The fraction of sp³-hybridized carbons (Fsp3) is 0.591. The lowest BCUT2D eigenvalue weighted by molar-refractivity contribution is -0.134. The number of anilines is 1. The van der Waals surface area contributed by atoms with E-state index in [-0.39, 0.29) is 51.1 Å². The van der Waals surface area contributed by atoms with E-state index in [9.17, 15) is 14.4 Å². The summed E-state index contributed by atoms with van der Waals surface area (Å²) < 4.78 is 5.44. The van der Waals surface area contributed by atoms with E-state index in [0.29, 0.717) is 17.9 Å². The number of halogens is 2. The largest absolute Gasteiger partial charge is 0.426 e. The lowest BCUT2D eigenvalue weighted by Crippen LogP contribution is -2.37. The van der Waals surface area contributed by atoms with E-state index in [0.717, 1.165) is 32.1 Å². The first kappa shape index (κ1) is 21.0. The van der Waals surface area contributed by atoms with Gasteiger partial charge in [0.2, 0.25) is 11.8 Å². The molecular formula is C22H25Br2NO4. The van der Waals surface area contributed by atoms with Crippen LogP contribution < -0.4 is 9.64 Å². The van der Waals surface area contributed by atoms with Crippen molar-refractivity contribution in [3.8, 4) is 5.75 Å². The summed E-state index contributed by atoms with van der Waals surface area (Å²) in [6, 6.07) is 6.76. The van der Waals surface area contributed by atoms with Crippen molar-refractivity contribution in [3.63, 3.8) is 0 Å². The van der Waals surface area contributed by atoms with Crippen LogP contribution in [0.2, 0.25) is 0 Å². The second-order valence-corrected chi connectivity index (χ2v) is 10.4. The van der Waals surface area contributed by atoms with E-state index >= 15 is 0 Å². The Morgan fingerprint density at radius 2 is 1.72 bits per heavy atom. The Kier molecular flexibility index (Phi) is 6.17. The third kappa shape index (κ3) is 3.69. The molecule has 1 aromatic rings. The molecule has 2 saturated carbocycles. The molecule has 6 atom stereocenters. The van der Waals surface area contributed by atoms with E-state index in [1.807, 2.05) is 0 Å². The predicted octanol–water partition coefficient (Wildman–Crippen LogP) is 4.84. The molecule has 29 heavy (non-hydrogen) atoms. The number of nitrogens with zero attached hydrogens (tertiary/aromatic N) is 1. The SMILES string of the molecule is CCCCCCC(=O)Oc1cccc(N2C(=O)[C@H]3[C@@H]4C[C@@H]([C@@H](Br)[C@H]4Br)[C@@H]3C2=O)c1. The monoisotopic (exact) mass is 525 g/mol. The second kappa shape index (κ2) is 8.50. The van der Waals surface area contributed by atoms with Crippen molar-refractivity contribution in [2.75, 3.05) is 4.90 Å². The van der Waals surface area contributed by atoms with Crippen molar-refractivity contribution in [3.05, 3.63) is 24.3 Å². The van der Waals surface area contributed by atoms with Gasteiger partial charge in [-0.05, 0) is 36.8 Å². The zero-order valence-corrected chi connectivity index (χ0v) is 19.5. The van der Waals surface area contributed by atoms with E-state index in [1.54, 1.807) is 24.3 Å². The molecular weight excluding hydrogens is 502 g/mol. The number of hydrogen-bond acceptors (Lipinski definition) is 4. The molecule has 0 spiro atoms. The topological polar surface area (TPSA) is 63.7 Å². The standard InChI is InChI=1S/C22H25Br2NO4/c1-2-3-4-5-9-16(26)29-13-8-6-7-12(10-13)25-21(27)17-14-11-15(18(17)22(25)28)20(24)19(14)23/h6-8,10,14-15,17-20H,2-5,9,11H2,1H3/t14-,15+,17-,18-,19-,20+/m0/s1. The van der Waals surface area contributed by atoms with Crippen LogP contribution in [-0.4, -0.2) is 27.4 Å². The number of unbranched alkanes of at least 4 members (excludes halogenated alkanes) is 3. The Morgan fingerprint density at radius 1 is 1.07 bits per heavy atom. The highest BCUT2D eigenvalue weighted by atomic mass is 79.9. The molecule has 0 aromatic heterocycles. The van der Waals surface area contributed by atoms with Crippen molar-refractivity contribution in [2.45, 2.75) is 55.1 Å². The number of hydrogen-bond donors (Lipinski definition) is 0. The predicted molar refractivity (Wildman–Crippen MR) is 117 cm³/mol. The first-order valence-electron chi connectivity index (χ1n) is 10.4. The fourth-order valence-electron chi connectivity index (χ4n) is 5.17. The average molecular weight is 527 g/mol. The van der Waals surface area contributed by atoms with Crippen LogP contribution in [0.3, 0.4) is 0 Å². The van der Waals surface area contributed by atoms with E-state index in [4.69, 9.17) is 4.74 Å². The molecule has 2 bridgehead atoms. The highest BCUT2D eigenvalue weighted by molar-refractivity contribution is 9.12. The molecule has 156 valence electrons. The van der Waals surface area contributed by atoms with Crippen LogP contribution in [0.4, 0.5) is 5.69 Å². The molecule has 1 aliphatic heterocycles. The number of carbonyl (C=O) groups excluding carboxylic acids is 3. The summed E-state index contributed by atoms with van der Waals surface area (Å²) in [5.74, 6) is -0.304. The number of esters is 1. The summed E-state index contributed by atoms with van der Waals surface area (Å²) in [7, 11) is 0. The van der Waals surface area contributed by atoms with Gasteiger partial charge in [-0.15, -0.1) is 0 Å².